The van der Waals surface area contributed by atoms with E-state index in [2.05, 4.69) is 9.97 Å². The lowest BCUT2D eigenvalue weighted by atomic mass is 10.3. The van der Waals surface area contributed by atoms with E-state index < -0.39 is 0 Å². The third-order valence-corrected chi connectivity index (χ3v) is 5.04. The van der Waals surface area contributed by atoms with Crippen molar-refractivity contribution < 1.29 is 4.39 Å². The Morgan fingerprint density at radius 3 is 2.62 bits per heavy atom. The number of nitrogens with one attached hydrogen (secondary N) is 1. The SMILES string of the molecule is Nc1ccc2nc(SCCSc3ccc(F)cc3)[nH]c2c1. The monoisotopic (exact) mass is 319 g/mol. The standard InChI is InChI=1S/C15H14FN3S2/c16-10-1-4-12(5-2-10)20-7-8-21-15-18-13-6-3-11(17)9-14(13)19-15/h1-6,9H,7-8,17H2,(H,18,19). The van der Waals surface area contributed by atoms with E-state index in [0.29, 0.717) is 0 Å². The van der Waals surface area contributed by atoms with Gasteiger partial charge in [0, 0.05) is 22.1 Å². The first-order valence-corrected chi connectivity index (χ1v) is 8.44. The fourth-order valence-electron chi connectivity index (χ4n) is 1.90. The normalized spacial score (nSPS) is 11.1. The number of benzene rings is 2. The first-order valence-electron chi connectivity index (χ1n) is 6.47. The predicted octanol–water partition coefficient (Wildman–Crippen LogP) is 4.17. The van der Waals surface area contributed by atoms with Crippen molar-refractivity contribution in [3.63, 3.8) is 0 Å². The van der Waals surface area contributed by atoms with Gasteiger partial charge in [-0.15, -0.1) is 11.8 Å². The van der Waals surface area contributed by atoms with Crippen LogP contribution >= 0.6 is 23.5 Å². The van der Waals surface area contributed by atoms with Gasteiger partial charge in [0.05, 0.1) is 11.0 Å². The first kappa shape index (κ1) is 14.3. The van der Waals surface area contributed by atoms with Crippen LogP contribution in [0.15, 0.2) is 52.5 Å². The van der Waals surface area contributed by atoms with E-state index in [9.17, 15) is 4.39 Å². The maximum absolute atomic E-state index is 12.8. The summed E-state index contributed by atoms with van der Waals surface area (Å²) in [6, 6.07) is 12.2. The number of thioether (sulfide) groups is 2. The molecule has 3 nitrogen and oxygen atoms in total. The Labute approximate surface area is 130 Å². The second-order valence-corrected chi connectivity index (χ2v) is 6.72. The molecule has 6 heteroatoms. The van der Waals surface area contributed by atoms with Gasteiger partial charge in [-0.25, -0.2) is 9.37 Å². The van der Waals surface area contributed by atoms with E-state index in [1.54, 1.807) is 35.7 Å². The van der Waals surface area contributed by atoms with E-state index in [0.717, 1.165) is 38.3 Å². The van der Waals surface area contributed by atoms with Crippen molar-refractivity contribution in [3.05, 3.63) is 48.3 Å². The summed E-state index contributed by atoms with van der Waals surface area (Å²) in [4.78, 5) is 8.84. The summed E-state index contributed by atoms with van der Waals surface area (Å²) in [6.07, 6.45) is 0. The van der Waals surface area contributed by atoms with Crippen molar-refractivity contribution in [1.29, 1.82) is 0 Å². The molecule has 1 heterocycles. The number of imidazole rings is 1. The smallest absolute Gasteiger partial charge is 0.166 e. The molecule has 0 fully saturated rings. The van der Waals surface area contributed by atoms with Gasteiger partial charge in [0.15, 0.2) is 5.16 Å². The number of aromatic amines is 1. The molecule has 2 aromatic carbocycles. The number of nitrogens with zero attached hydrogens (tertiary/aromatic N) is 1. The Hall–Kier alpha value is -1.66. The van der Waals surface area contributed by atoms with Crippen LogP contribution in [0.4, 0.5) is 10.1 Å². The third-order valence-electron chi connectivity index (χ3n) is 2.89. The van der Waals surface area contributed by atoms with Gasteiger partial charge < -0.3 is 10.7 Å². The summed E-state index contributed by atoms with van der Waals surface area (Å²) in [5.74, 6) is 1.67. The molecule has 0 atom stereocenters. The number of anilines is 1. The molecule has 0 aliphatic rings. The quantitative estimate of drug-likeness (QED) is 0.421. The van der Waals surface area contributed by atoms with Gasteiger partial charge in [0.1, 0.15) is 5.82 Å². The minimum atomic E-state index is -0.199. The summed E-state index contributed by atoms with van der Waals surface area (Å²) in [6.45, 7) is 0. The lowest BCUT2D eigenvalue weighted by molar-refractivity contribution is 0.626. The summed E-state index contributed by atoms with van der Waals surface area (Å²) in [7, 11) is 0. The van der Waals surface area contributed by atoms with Crippen molar-refractivity contribution >= 4 is 40.2 Å². The molecule has 0 aliphatic carbocycles. The van der Waals surface area contributed by atoms with Gasteiger partial charge in [-0.05, 0) is 42.5 Å². The van der Waals surface area contributed by atoms with Gasteiger partial charge in [-0.1, -0.05) is 11.8 Å². The second kappa shape index (κ2) is 6.41. The predicted molar refractivity (Wildman–Crippen MR) is 88.4 cm³/mol. The second-order valence-electron chi connectivity index (χ2n) is 4.47. The van der Waals surface area contributed by atoms with Crippen LogP contribution < -0.4 is 5.73 Å². The van der Waals surface area contributed by atoms with Gasteiger partial charge in [0.25, 0.3) is 0 Å². The minimum absolute atomic E-state index is 0.199. The van der Waals surface area contributed by atoms with Crippen LogP contribution in [0.2, 0.25) is 0 Å². The number of fused-ring (bicyclic) bond motifs is 1. The molecule has 0 aliphatic heterocycles. The van der Waals surface area contributed by atoms with Crippen molar-refractivity contribution in [2.45, 2.75) is 10.1 Å². The highest BCUT2D eigenvalue weighted by atomic mass is 32.2. The average Bonchev–Trinajstić information content (AvgIpc) is 2.87. The molecule has 0 spiro atoms. The van der Waals surface area contributed by atoms with Crippen LogP contribution in [-0.4, -0.2) is 21.5 Å². The van der Waals surface area contributed by atoms with E-state index in [4.69, 9.17) is 5.73 Å². The molecular weight excluding hydrogens is 305 g/mol. The van der Waals surface area contributed by atoms with Gasteiger partial charge in [0.2, 0.25) is 0 Å². The number of hydrogen-bond acceptors (Lipinski definition) is 4. The van der Waals surface area contributed by atoms with Crippen LogP contribution in [-0.2, 0) is 0 Å². The van der Waals surface area contributed by atoms with Crippen LogP contribution in [0.5, 0.6) is 0 Å². The van der Waals surface area contributed by atoms with Gasteiger partial charge in [-0.3, -0.25) is 0 Å². The Balaban J connectivity index is 1.53. The summed E-state index contributed by atoms with van der Waals surface area (Å²) in [5, 5.41) is 0.898. The Morgan fingerprint density at radius 2 is 1.81 bits per heavy atom. The number of nitrogen functional groups attached to an aromatic ring is 1. The van der Waals surface area contributed by atoms with Crippen LogP contribution in [0.1, 0.15) is 0 Å². The highest BCUT2D eigenvalue weighted by Gasteiger charge is 2.03. The molecule has 0 saturated carbocycles. The Bertz CT molecular complexity index is 740. The van der Waals surface area contributed by atoms with Crippen molar-refractivity contribution in [3.8, 4) is 0 Å². The number of aromatic nitrogens is 2. The zero-order chi connectivity index (χ0) is 14.7. The van der Waals surface area contributed by atoms with E-state index in [-0.39, 0.29) is 5.82 Å². The molecule has 3 aromatic rings. The number of rotatable bonds is 5. The molecule has 0 saturated heterocycles. The molecule has 3 N–H and O–H groups in total. The highest BCUT2D eigenvalue weighted by molar-refractivity contribution is 8.02. The van der Waals surface area contributed by atoms with Crippen molar-refractivity contribution in [2.24, 2.45) is 0 Å². The summed E-state index contributed by atoms with van der Waals surface area (Å²) < 4.78 is 12.8. The summed E-state index contributed by atoms with van der Waals surface area (Å²) >= 11 is 3.38. The van der Waals surface area contributed by atoms with Crippen LogP contribution in [0, 0.1) is 5.82 Å². The summed E-state index contributed by atoms with van der Waals surface area (Å²) in [5.41, 5.74) is 8.37. The topological polar surface area (TPSA) is 54.7 Å². The molecule has 21 heavy (non-hydrogen) atoms. The van der Waals surface area contributed by atoms with Gasteiger partial charge in [-0.2, -0.15) is 0 Å². The number of H-pyrrole nitrogens is 1. The van der Waals surface area contributed by atoms with Crippen molar-refractivity contribution in [1.82, 2.24) is 9.97 Å². The first-order chi connectivity index (χ1) is 10.2. The highest BCUT2D eigenvalue weighted by Crippen LogP contribution is 2.24. The minimum Gasteiger partial charge on any atom is -0.399 e. The number of halogens is 1. The lowest BCUT2D eigenvalue weighted by Crippen LogP contribution is -1.85. The van der Waals surface area contributed by atoms with Crippen LogP contribution in [0.3, 0.4) is 0 Å². The Kier molecular flexibility index (Phi) is 4.36. The van der Waals surface area contributed by atoms with Crippen molar-refractivity contribution in [2.75, 3.05) is 17.2 Å². The van der Waals surface area contributed by atoms with E-state index in [1.807, 2.05) is 18.2 Å². The molecule has 3 rings (SSSR count). The molecular formula is C15H14FN3S2. The van der Waals surface area contributed by atoms with Crippen LogP contribution in [0.25, 0.3) is 11.0 Å². The molecule has 0 unspecified atom stereocenters. The maximum Gasteiger partial charge on any atom is 0.166 e. The fraction of sp³-hybridized carbons (Fsp3) is 0.133. The van der Waals surface area contributed by atoms with E-state index in [1.165, 1.54) is 12.1 Å². The average molecular weight is 319 g/mol. The molecule has 0 radical (unpaired) electrons. The Morgan fingerprint density at radius 1 is 1.05 bits per heavy atom. The number of hydrogen-bond donors (Lipinski definition) is 2. The zero-order valence-corrected chi connectivity index (χ0v) is 12.8. The van der Waals surface area contributed by atoms with E-state index >= 15 is 0 Å². The largest absolute Gasteiger partial charge is 0.399 e. The fourth-order valence-corrected chi connectivity index (χ4v) is 3.67. The third kappa shape index (κ3) is 3.71. The molecule has 0 bridgehead atoms. The lowest BCUT2D eigenvalue weighted by Gasteiger charge is -2.00. The molecule has 1 aromatic heterocycles. The van der Waals surface area contributed by atoms with Gasteiger partial charge >= 0.3 is 0 Å². The number of nitrogens with two attached hydrogens (primary N) is 1. The maximum atomic E-state index is 12.8. The molecule has 108 valence electrons. The zero-order valence-electron chi connectivity index (χ0n) is 11.2. The molecule has 0 amide bonds.